The summed E-state index contributed by atoms with van der Waals surface area (Å²) in [5.74, 6) is -2.52. The molecule has 34 heavy (non-hydrogen) atoms. The van der Waals surface area contributed by atoms with Crippen LogP contribution in [-0.2, 0) is 20.9 Å². The Kier molecular flexibility index (Phi) is 5.96. The minimum atomic E-state index is -1.03. The van der Waals surface area contributed by atoms with Crippen LogP contribution in [0, 0.1) is 10.1 Å². The monoisotopic (exact) mass is 462 g/mol. The lowest BCUT2D eigenvalue weighted by Crippen LogP contribution is -2.29. The Bertz CT molecular complexity index is 1310. The summed E-state index contributed by atoms with van der Waals surface area (Å²) in [6.45, 7) is -0.0628. The summed E-state index contributed by atoms with van der Waals surface area (Å²) in [7, 11) is 1.24. The zero-order valence-corrected chi connectivity index (χ0v) is 17.8. The van der Waals surface area contributed by atoms with Crippen molar-refractivity contribution in [1.29, 1.82) is 0 Å². The Morgan fingerprint density at radius 3 is 2.47 bits per heavy atom. The highest BCUT2D eigenvalue weighted by Crippen LogP contribution is 2.40. The maximum Gasteiger partial charge on any atom is 0.337 e. The molecule has 1 fully saturated rings. The number of aliphatic hydroxyl groups is 1. The summed E-state index contributed by atoms with van der Waals surface area (Å²) >= 11 is 0. The van der Waals surface area contributed by atoms with Gasteiger partial charge in [0.15, 0.2) is 0 Å². The maximum absolute atomic E-state index is 13.0. The van der Waals surface area contributed by atoms with E-state index in [1.54, 1.807) is 24.3 Å². The molecule has 0 bridgehead atoms. The highest BCUT2D eigenvalue weighted by atomic mass is 16.6. The average molecular weight is 462 g/mol. The predicted octanol–water partition coefficient (Wildman–Crippen LogP) is 3.60. The first-order valence-corrected chi connectivity index (χ1v) is 10.1. The second-order valence-electron chi connectivity index (χ2n) is 7.43. The van der Waals surface area contributed by atoms with E-state index < -0.39 is 34.4 Å². The minimum Gasteiger partial charge on any atom is -0.507 e. The fraction of sp³-hybridized carbons (Fsp3) is 0.125. The van der Waals surface area contributed by atoms with Gasteiger partial charge in [-0.3, -0.25) is 19.7 Å². The molecule has 2 aromatic carbocycles. The van der Waals surface area contributed by atoms with Gasteiger partial charge in [0.2, 0.25) is 0 Å². The molecule has 1 N–H and O–H groups in total. The van der Waals surface area contributed by atoms with Gasteiger partial charge in [0, 0.05) is 17.7 Å². The Morgan fingerprint density at radius 2 is 1.85 bits per heavy atom. The number of methoxy groups -OCH3 is 1. The van der Waals surface area contributed by atoms with Crippen LogP contribution < -0.4 is 0 Å². The van der Waals surface area contributed by atoms with Gasteiger partial charge >= 0.3 is 5.97 Å². The lowest BCUT2D eigenvalue weighted by Gasteiger charge is -2.24. The third-order valence-corrected chi connectivity index (χ3v) is 5.42. The number of esters is 1. The summed E-state index contributed by atoms with van der Waals surface area (Å²) < 4.78 is 10.0. The summed E-state index contributed by atoms with van der Waals surface area (Å²) in [5, 5.41) is 22.2. The molecule has 0 radical (unpaired) electrons. The second kappa shape index (κ2) is 9.02. The number of nitro groups is 1. The van der Waals surface area contributed by atoms with Crippen LogP contribution in [-0.4, -0.2) is 39.7 Å². The number of carbonyl (C=O) groups is 3. The van der Waals surface area contributed by atoms with Crippen LogP contribution in [0.1, 0.15) is 33.3 Å². The quantitative estimate of drug-likeness (QED) is 0.146. The van der Waals surface area contributed by atoms with E-state index >= 15 is 0 Å². The normalized spacial score (nSPS) is 17.1. The molecule has 4 rings (SSSR count). The molecule has 10 heteroatoms. The number of rotatable bonds is 6. The molecule has 172 valence electrons. The Labute approximate surface area is 192 Å². The molecule has 1 aromatic heterocycles. The number of ketones is 1. The number of ether oxygens (including phenoxy) is 1. The number of furan rings is 1. The van der Waals surface area contributed by atoms with E-state index in [1.807, 2.05) is 0 Å². The van der Waals surface area contributed by atoms with E-state index in [0.29, 0.717) is 11.3 Å². The number of hydrogen-bond acceptors (Lipinski definition) is 8. The number of hydrogen-bond donors (Lipinski definition) is 1. The molecule has 1 aliphatic rings. The van der Waals surface area contributed by atoms with E-state index in [2.05, 4.69) is 0 Å². The van der Waals surface area contributed by atoms with Crippen LogP contribution >= 0.6 is 0 Å². The van der Waals surface area contributed by atoms with Gasteiger partial charge < -0.3 is 19.2 Å². The number of benzene rings is 2. The van der Waals surface area contributed by atoms with E-state index in [1.165, 1.54) is 48.6 Å². The van der Waals surface area contributed by atoms with Crippen molar-refractivity contribution < 1.29 is 33.6 Å². The molecule has 0 saturated carbocycles. The van der Waals surface area contributed by atoms with Crippen molar-refractivity contribution in [2.75, 3.05) is 7.11 Å². The van der Waals surface area contributed by atoms with Crippen molar-refractivity contribution in [2.24, 2.45) is 0 Å². The topological polar surface area (TPSA) is 140 Å². The van der Waals surface area contributed by atoms with Gasteiger partial charge in [0.1, 0.15) is 11.5 Å². The van der Waals surface area contributed by atoms with Crippen LogP contribution in [0.4, 0.5) is 5.69 Å². The predicted molar refractivity (Wildman–Crippen MR) is 117 cm³/mol. The lowest BCUT2D eigenvalue weighted by molar-refractivity contribution is -0.384. The summed E-state index contributed by atoms with van der Waals surface area (Å²) in [5.41, 5.74) is 0.190. The smallest absolute Gasteiger partial charge is 0.337 e. The number of nitro benzene ring substituents is 1. The first-order valence-electron chi connectivity index (χ1n) is 10.1. The molecule has 1 atom stereocenters. The third kappa shape index (κ3) is 4.04. The van der Waals surface area contributed by atoms with Crippen LogP contribution in [0.3, 0.4) is 0 Å². The number of amides is 1. The minimum absolute atomic E-state index is 0.0152. The van der Waals surface area contributed by atoms with Crippen LogP contribution in [0.5, 0.6) is 0 Å². The molecule has 2 heterocycles. The SMILES string of the molecule is COC(=O)c1ccc(C2/C(=C(/O)c3cccc([N+](=O)[O-])c3)C(=O)C(=O)N2Cc2ccco2)cc1. The summed E-state index contributed by atoms with van der Waals surface area (Å²) in [4.78, 5) is 49.6. The van der Waals surface area contributed by atoms with Crippen LogP contribution in [0.15, 0.2) is 76.9 Å². The van der Waals surface area contributed by atoms with Gasteiger partial charge in [-0.15, -0.1) is 0 Å². The zero-order valence-electron chi connectivity index (χ0n) is 17.8. The molecule has 0 spiro atoms. The molecule has 0 aliphatic carbocycles. The lowest BCUT2D eigenvalue weighted by atomic mass is 9.94. The third-order valence-electron chi connectivity index (χ3n) is 5.42. The molecular formula is C24H18N2O8. The van der Waals surface area contributed by atoms with E-state index in [0.717, 1.165) is 6.07 Å². The zero-order chi connectivity index (χ0) is 24.4. The first-order chi connectivity index (χ1) is 16.3. The fourth-order valence-corrected chi connectivity index (χ4v) is 3.80. The van der Waals surface area contributed by atoms with Crippen molar-refractivity contribution in [3.63, 3.8) is 0 Å². The first kappa shape index (κ1) is 22.5. The fourth-order valence-electron chi connectivity index (χ4n) is 3.80. The van der Waals surface area contributed by atoms with E-state index in [4.69, 9.17) is 9.15 Å². The van der Waals surface area contributed by atoms with Gasteiger partial charge in [-0.25, -0.2) is 4.79 Å². The van der Waals surface area contributed by atoms with Crippen molar-refractivity contribution in [3.8, 4) is 0 Å². The average Bonchev–Trinajstić information content (AvgIpc) is 3.45. The van der Waals surface area contributed by atoms with E-state index in [-0.39, 0.29) is 28.9 Å². The van der Waals surface area contributed by atoms with Crippen molar-refractivity contribution in [3.05, 3.63) is 105 Å². The molecule has 1 unspecified atom stereocenters. The van der Waals surface area contributed by atoms with Gasteiger partial charge in [-0.05, 0) is 29.8 Å². The van der Waals surface area contributed by atoms with Crippen LogP contribution in [0.2, 0.25) is 0 Å². The molecule has 10 nitrogen and oxygen atoms in total. The summed E-state index contributed by atoms with van der Waals surface area (Å²) in [6, 6.07) is 13.4. The molecule has 1 saturated heterocycles. The molecular weight excluding hydrogens is 444 g/mol. The Balaban J connectivity index is 1.86. The molecule has 1 amide bonds. The number of nitrogens with zero attached hydrogens (tertiary/aromatic N) is 2. The summed E-state index contributed by atoms with van der Waals surface area (Å²) in [6.07, 6.45) is 1.43. The van der Waals surface area contributed by atoms with Crippen molar-refractivity contribution in [2.45, 2.75) is 12.6 Å². The van der Waals surface area contributed by atoms with Gasteiger partial charge in [-0.2, -0.15) is 0 Å². The Hall–Kier alpha value is -4.73. The number of carbonyl (C=O) groups excluding carboxylic acids is 3. The Morgan fingerprint density at radius 1 is 1.12 bits per heavy atom. The second-order valence-corrected chi connectivity index (χ2v) is 7.43. The van der Waals surface area contributed by atoms with Crippen LogP contribution in [0.25, 0.3) is 5.76 Å². The van der Waals surface area contributed by atoms with Crippen molar-refractivity contribution >= 4 is 29.1 Å². The highest BCUT2D eigenvalue weighted by Gasteiger charge is 2.46. The largest absolute Gasteiger partial charge is 0.507 e. The number of non-ortho nitro benzene ring substituents is 1. The standard InChI is InChI=1S/C24H18N2O8/c1-33-24(30)15-9-7-14(8-10-15)20-19(21(27)16-4-2-5-17(12-16)26(31)32)22(28)23(29)25(20)13-18-6-3-11-34-18/h2-12,20,27H,13H2,1H3/b21-19-. The van der Waals surface area contributed by atoms with Crippen molar-refractivity contribution in [1.82, 2.24) is 4.90 Å². The van der Waals surface area contributed by atoms with Gasteiger partial charge in [0.25, 0.3) is 17.4 Å². The number of aliphatic hydroxyl groups excluding tert-OH is 1. The molecule has 1 aliphatic heterocycles. The number of likely N-dealkylation sites (tertiary alicyclic amines) is 1. The molecule has 3 aromatic rings. The van der Waals surface area contributed by atoms with Gasteiger partial charge in [0.05, 0.1) is 42.0 Å². The van der Waals surface area contributed by atoms with E-state index in [9.17, 15) is 29.6 Å². The van der Waals surface area contributed by atoms with Gasteiger partial charge in [-0.1, -0.05) is 24.3 Å². The number of Topliss-reactive ketones (excluding diaryl/α,β-unsaturated/α-hetero) is 1. The highest BCUT2D eigenvalue weighted by molar-refractivity contribution is 6.46. The maximum atomic E-state index is 13.0.